The van der Waals surface area contributed by atoms with Crippen LogP contribution in [0.25, 0.3) is 0 Å². The van der Waals surface area contributed by atoms with Gasteiger partial charge in [-0.1, -0.05) is 37.6 Å². The maximum atomic E-state index is 11.0. The van der Waals surface area contributed by atoms with E-state index in [0.717, 1.165) is 25.7 Å². The minimum Gasteiger partial charge on any atom is -0.481 e. The summed E-state index contributed by atoms with van der Waals surface area (Å²) in [7, 11) is 0. The van der Waals surface area contributed by atoms with Gasteiger partial charge < -0.3 is 5.11 Å². The predicted molar refractivity (Wildman–Crippen MR) is 74.8 cm³/mol. The molecule has 0 aromatic heterocycles. The zero-order valence-electron chi connectivity index (χ0n) is 11.7. The summed E-state index contributed by atoms with van der Waals surface area (Å²) in [6.07, 6.45) is 4.91. The van der Waals surface area contributed by atoms with Gasteiger partial charge in [-0.05, 0) is 50.7 Å². The largest absolute Gasteiger partial charge is 0.481 e. The summed E-state index contributed by atoms with van der Waals surface area (Å²) in [5.74, 6) is -0.708. The van der Waals surface area contributed by atoms with E-state index in [2.05, 4.69) is 31.2 Å². The van der Waals surface area contributed by atoms with E-state index < -0.39 is 11.4 Å². The second kappa shape index (κ2) is 6.58. The molecule has 0 saturated heterocycles. The number of benzene rings is 1. The summed E-state index contributed by atoms with van der Waals surface area (Å²) in [5, 5.41) is 9.03. The Morgan fingerprint density at radius 2 is 1.61 bits per heavy atom. The number of hydrogen-bond acceptors (Lipinski definition) is 1. The van der Waals surface area contributed by atoms with E-state index in [0.29, 0.717) is 0 Å². The van der Waals surface area contributed by atoms with Crippen molar-refractivity contribution in [3.63, 3.8) is 0 Å². The number of aliphatic carboxylic acids is 1. The molecule has 0 heterocycles. The Hall–Kier alpha value is -1.31. The maximum Gasteiger partial charge on any atom is 0.309 e. The van der Waals surface area contributed by atoms with Crippen molar-refractivity contribution in [2.45, 2.75) is 52.9 Å². The molecule has 0 aliphatic rings. The highest BCUT2D eigenvalue weighted by Gasteiger charge is 2.25. The SMILES string of the molecule is CCCc1ccc(CCCC(C)(C)C(=O)O)cc1. The van der Waals surface area contributed by atoms with Gasteiger partial charge in [0.1, 0.15) is 0 Å². The van der Waals surface area contributed by atoms with Gasteiger partial charge in [-0.2, -0.15) is 0 Å². The van der Waals surface area contributed by atoms with Gasteiger partial charge in [-0.3, -0.25) is 4.79 Å². The van der Waals surface area contributed by atoms with Crippen LogP contribution in [0.4, 0.5) is 0 Å². The zero-order chi connectivity index (χ0) is 13.6. The average Bonchev–Trinajstić information content (AvgIpc) is 2.31. The lowest BCUT2D eigenvalue weighted by Crippen LogP contribution is -2.23. The summed E-state index contributed by atoms with van der Waals surface area (Å²) in [5.41, 5.74) is 2.07. The van der Waals surface area contributed by atoms with Crippen molar-refractivity contribution < 1.29 is 9.90 Å². The quantitative estimate of drug-likeness (QED) is 0.789. The highest BCUT2D eigenvalue weighted by molar-refractivity contribution is 5.73. The van der Waals surface area contributed by atoms with Gasteiger partial charge in [0.2, 0.25) is 0 Å². The van der Waals surface area contributed by atoms with Crippen LogP contribution in [0.3, 0.4) is 0 Å². The Morgan fingerprint density at radius 3 is 2.06 bits per heavy atom. The topological polar surface area (TPSA) is 37.3 Å². The molecule has 1 aromatic carbocycles. The van der Waals surface area contributed by atoms with Crippen LogP contribution >= 0.6 is 0 Å². The number of carboxylic acid groups (broad SMARTS) is 1. The summed E-state index contributed by atoms with van der Waals surface area (Å²) in [6.45, 7) is 5.77. The van der Waals surface area contributed by atoms with Crippen LogP contribution in [-0.4, -0.2) is 11.1 Å². The van der Waals surface area contributed by atoms with Gasteiger partial charge >= 0.3 is 5.97 Å². The Labute approximate surface area is 110 Å². The van der Waals surface area contributed by atoms with Crippen LogP contribution in [0.5, 0.6) is 0 Å². The van der Waals surface area contributed by atoms with Gasteiger partial charge in [0.15, 0.2) is 0 Å². The van der Waals surface area contributed by atoms with Crippen molar-refractivity contribution >= 4 is 5.97 Å². The van der Waals surface area contributed by atoms with Gasteiger partial charge in [-0.25, -0.2) is 0 Å². The molecule has 2 heteroatoms. The molecule has 0 radical (unpaired) electrons. The van der Waals surface area contributed by atoms with E-state index in [1.54, 1.807) is 13.8 Å². The molecule has 0 aliphatic heterocycles. The first-order valence-electron chi connectivity index (χ1n) is 6.77. The normalized spacial score (nSPS) is 11.5. The second-order valence-electron chi connectivity index (χ2n) is 5.61. The van der Waals surface area contributed by atoms with Gasteiger partial charge in [-0.15, -0.1) is 0 Å². The Balaban J connectivity index is 2.42. The van der Waals surface area contributed by atoms with Crippen molar-refractivity contribution in [1.82, 2.24) is 0 Å². The lowest BCUT2D eigenvalue weighted by atomic mass is 9.86. The molecule has 18 heavy (non-hydrogen) atoms. The number of hydrogen-bond donors (Lipinski definition) is 1. The van der Waals surface area contributed by atoms with Gasteiger partial charge in [0, 0.05) is 0 Å². The molecular formula is C16H24O2. The molecule has 1 N–H and O–H groups in total. The van der Waals surface area contributed by atoms with E-state index in [-0.39, 0.29) is 0 Å². The van der Waals surface area contributed by atoms with Crippen LogP contribution in [0.15, 0.2) is 24.3 Å². The van der Waals surface area contributed by atoms with Crippen LogP contribution in [-0.2, 0) is 17.6 Å². The molecule has 0 atom stereocenters. The summed E-state index contributed by atoms with van der Waals surface area (Å²) >= 11 is 0. The van der Waals surface area contributed by atoms with E-state index >= 15 is 0 Å². The molecule has 0 amide bonds. The highest BCUT2D eigenvalue weighted by Crippen LogP contribution is 2.23. The molecular weight excluding hydrogens is 224 g/mol. The molecule has 1 aromatic rings. The molecule has 0 aliphatic carbocycles. The molecule has 1 rings (SSSR count). The highest BCUT2D eigenvalue weighted by atomic mass is 16.4. The van der Waals surface area contributed by atoms with Gasteiger partial charge in [0.05, 0.1) is 5.41 Å². The van der Waals surface area contributed by atoms with Gasteiger partial charge in [0.25, 0.3) is 0 Å². The number of carbonyl (C=O) groups is 1. The average molecular weight is 248 g/mol. The van der Waals surface area contributed by atoms with E-state index in [1.807, 2.05) is 0 Å². The number of aryl methyl sites for hydroxylation is 2. The molecule has 0 unspecified atom stereocenters. The maximum absolute atomic E-state index is 11.0. The summed E-state index contributed by atoms with van der Waals surface area (Å²) in [4.78, 5) is 11.0. The fourth-order valence-electron chi connectivity index (χ4n) is 2.00. The summed E-state index contributed by atoms with van der Waals surface area (Å²) in [6, 6.07) is 8.69. The third-order valence-electron chi connectivity index (χ3n) is 3.41. The van der Waals surface area contributed by atoms with E-state index in [1.165, 1.54) is 17.5 Å². The van der Waals surface area contributed by atoms with Crippen LogP contribution in [0.2, 0.25) is 0 Å². The van der Waals surface area contributed by atoms with E-state index in [9.17, 15) is 4.79 Å². The number of carboxylic acids is 1. The van der Waals surface area contributed by atoms with Crippen molar-refractivity contribution in [3.8, 4) is 0 Å². The Kier molecular flexibility index (Phi) is 5.39. The molecule has 0 fully saturated rings. The first-order chi connectivity index (χ1) is 8.45. The van der Waals surface area contributed by atoms with Crippen molar-refractivity contribution in [3.05, 3.63) is 35.4 Å². The molecule has 0 saturated carbocycles. The first kappa shape index (κ1) is 14.7. The minimum atomic E-state index is -0.708. The lowest BCUT2D eigenvalue weighted by molar-refractivity contribution is -0.147. The minimum absolute atomic E-state index is 0.609. The molecule has 100 valence electrons. The molecule has 2 nitrogen and oxygen atoms in total. The molecule has 0 spiro atoms. The first-order valence-corrected chi connectivity index (χ1v) is 6.77. The fourth-order valence-corrected chi connectivity index (χ4v) is 2.00. The lowest BCUT2D eigenvalue weighted by Gasteiger charge is -2.18. The van der Waals surface area contributed by atoms with Crippen molar-refractivity contribution in [2.75, 3.05) is 0 Å². The fraction of sp³-hybridized carbons (Fsp3) is 0.562. The van der Waals surface area contributed by atoms with Crippen LogP contribution < -0.4 is 0 Å². The Bertz CT molecular complexity index is 377. The number of rotatable bonds is 7. The standard InChI is InChI=1S/C16H24O2/c1-4-6-13-8-10-14(11-9-13)7-5-12-16(2,3)15(17)18/h8-11H,4-7,12H2,1-3H3,(H,17,18). The Morgan fingerprint density at radius 1 is 1.11 bits per heavy atom. The van der Waals surface area contributed by atoms with Crippen LogP contribution in [0, 0.1) is 5.41 Å². The smallest absolute Gasteiger partial charge is 0.309 e. The monoisotopic (exact) mass is 248 g/mol. The van der Waals surface area contributed by atoms with Crippen molar-refractivity contribution in [2.24, 2.45) is 5.41 Å². The van der Waals surface area contributed by atoms with E-state index in [4.69, 9.17) is 5.11 Å². The third-order valence-corrected chi connectivity index (χ3v) is 3.41. The second-order valence-corrected chi connectivity index (χ2v) is 5.61. The summed E-state index contributed by atoms with van der Waals surface area (Å²) < 4.78 is 0. The predicted octanol–water partition coefficient (Wildman–Crippen LogP) is 4.07. The van der Waals surface area contributed by atoms with Crippen LogP contribution in [0.1, 0.15) is 51.2 Å². The third kappa shape index (κ3) is 4.52. The zero-order valence-corrected chi connectivity index (χ0v) is 11.7. The molecule has 0 bridgehead atoms. The van der Waals surface area contributed by atoms with Crippen molar-refractivity contribution in [1.29, 1.82) is 0 Å².